The molecule has 3 N–H and O–H groups in total. The quantitative estimate of drug-likeness (QED) is 0.830. The van der Waals surface area contributed by atoms with Gasteiger partial charge in [-0.1, -0.05) is 18.6 Å². The molecule has 1 aliphatic rings. The van der Waals surface area contributed by atoms with Gasteiger partial charge in [0.05, 0.1) is 6.54 Å². The van der Waals surface area contributed by atoms with Crippen molar-refractivity contribution in [3.05, 3.63) is 29.8 Å². The van der Waals surface area contributed by atoms with Crippen LogP contribution in [0.5, 0.6) is 0 Å². The first-order valence-corrected chi connectivity index (χ1v) is 6.48. The number of anilines is 1. The number of amides is 1. The number of benzene rings is 1. The van der Waals surface area contributed by atoms with Gasteiger partial charge in [-0.2, -0.15) is 0 Å². The van der Waals surface area contributed by atoms with Crippen LogP contribution in [0.3, 0.4) is 0 Å². The van der Waals surface area contributed by atoms with Crippen molar-refractivity contribution in [2.75, 3.05) is 18.9 Å². The molecule has 0 bridgehead atoms. The summed E-state index contributed by atoms with van der Waals surface area (Å²) in [6, 6.07) is 8.26. The van der Waals surface area contributed by atoms with E-state index in [1.165, 1.54) is 19.3 Å². The molecule has 1 saturated carbocycles. The van der Waals surface area contributed by atoms with Crippen LogP contribution in [0.25, 0.3) is 0 Å². The molecule has 0 spiro atoms. The zero-order valence-corrected chi connectivity index (χ0v) is 10.9. The molecule has 2 rings (SSSR count). The Morgan fingerprint density at radius 3 is 2.89 bits per heavy atom. The summed E-state index contributed by atoms with van der Waals surface area (Å²) in [4.78, 5) is 14.0. The van der Waals surface area contributed by atoms with Gasteiger partial charge in [0.2, 0.25) is 5.91 Å². The molecule has 0 unspecified atom stereocenters. The van der Waals surface area contributed by atoms with E-state index in [9.17, 15) is 4.79 Å². The van der Waals surface area contributed by atoms with Gasteiger partial charge in [-0.25, -0.2) is 0 Å². The predicted molar refractivity (Wildman–Crippen MR) is 73.2 cm³/mol. The van der Waals surface area contributed by atoms with Crippen LogP contribution in [0.15, 0.2) is 24.3 Å². The fourth-order valence-electron chi connectivity index (χ4n) is 2.16. The summed E-state index contributed by atoms with van der Waals surface area (Å²) >= 11 is 0. The summed E-state index contributed by atoms with van der Waals surface area (Å²) < 4.78 is 0. The van der Waals surface area contributed by atoms with Crippen LogP contribution in [0, 0.1) is 0 Å². The number of nitrogens with zero attached hydrogens (tertiary/aromatic N) is 1. The lowest BCUT2D eigenvalue weighted by molar-refractivity contribution is -0.117. The van der Waals surface area contributed by atoms with Gasteiger partial charge in [-0.15, -0.1) is 0 Å². The molecule has 0 saturated heterocycles. The molecule has 1 aromatic rings. The molecule has 0 aliphatic heterocycles. The van der Waals surface area contributed by atoms with Crippen LogP contribution in [-0.2, 0) is 11.3 Å². The first-order chi connectivity index (χ1) is 8.69. The van der Waals surface area contributed by atoms with E-state index in [1.807, 2.05) is 31.3 Å². The Labute approximate surface area is 108 Å². The summed E-state index contributed by atoms with van der Waals surface area (Å²) in [5, 5.41) is 2.91. The number of hydrogen-bond acceptors (Lipinski definition) is 3. The molecule has 1 amide bonds. The third kappa shape index (κ3) is 3.31. The van der Waals surface area contributed by atoms with Crippen molar-refractivity contribution in [2.45, 2.75) is 31.8 Å². The number of hydrogen-bond donors (Lipinski definition) is 2. The fraction of sp³-hybridized carbons (Fsp3) is 0.500. The predicted octanol–water partition coefficient (Wildman–Crippen LogP) is 1.57. The highest BCUT2D eigenvalue weighted by atomic mass is 16.2. The van der Waals surface area contributed by atoms with Gasteiger partial charge >= 0.3 is 0 Å². The summed E-state index contributed by atoms with van der Waals surface area (Å²) in [7, 11) is 2.01. The lowest BCUT2D eigenvalue weighted by Gasteiger charge is -2.34. The molecule has 18 heavy (non-hydrogen) atoms. The molecule has 0 atom stereocenters. The average molecular weight is 247 g/mol. The normalized spacial score (nSPS) is 15.5. The Bertz CT molecular complexity index is 415. The minimum Gasteiger partial charge on any atom is -0.326 e. The van der Waals surface area contributed by atoms with Crippen molar-refractivity contribution in [1.82, 2.24) is 4.90 Å². The number of carbonyl (C=O) groups is 1. The summed E-state index contributed by atoms with van der Waals surface area (Å²) in [5.41, 5.74) is 7.43. The Kier molecular flexibility index (Phi) is 4.33. The third-order valence-corrected chi connectivity index (χ3v) is 3.54. The maximum atomic E-state index is 11.9. The number of nitrogens with two attached hydrogens (primary N) is 1. The first-order valence-electron chi connectivity index (χ1n) is 6.48. The zero-order valence-electron chi connectivity index (χ0n) is 10.9. The zero-order chi connectivity index (χ0) is 13.0. The van der Waals surface area contributed by atoms with E-state index in [0.717, 1.165) is 11.3 Å². The van der Waals surface area contributed by atoms with E-state index in [1.54, 1.807) is 0 Å². The molecule has 4 nitrogen and oxygen atoms in total. The van der Waals surface area contributed by atoms with Crippen LogP contribution in [0.1, 0.15) is 24.8 Å². The molecule has 0 radical (unpaired) electrons. The Hall–Kier alpha value is -1.39. The van der Waals surface area contributed by atoms with E-state index >= 15 is 0 Å². The Morgan fingerprint density at radius 1 is 1.50 bits per heavy atom. The van der Waals surface area contributed by atoms with Crippen molar-refractivity contribution in [2.24, 2.45) is 5.73 Å². The summed E-state index contributed by atoms with van der Waals surface area (Å²) in [5.74, 6) is 0.0403. The number of likely N-dealkylation sites (N-methyl/N-ethyl adjacent to an activating group) is 1. The maximum absolute atomic E-state index is 11.9. The number of carbonyl (C=O) groups excluding carboxylic acids is 1. The topological polar surface area (TPSA) is 58.4 Å². The van der Waals surface area contributed by atoms with Gasteiger partial charge in [0.15, 0.2) is 0 Å². The highest BCUT2D eigenvalue weighted by Crippen LogP contribution is 2.23. The monoisotopic (exact) mass is 247 g/mol. The standard InChI is InChI=1S/C14H21N3O/c1-17(13-6-3-7-13)10-14(18)16-12-5-2-4-11(8-12)9-15/h2,4-5,8,13H,3,6-7,9-10,15H2,1H3,(H,16,18). The lowest BCUT2D eigenvalue weighted by atomic mass is 9.92. The smallest absolute Gasteiger partial charge is 0.238 e. The van der Waals surface area contributed by atoms with Crippen LogP contribution in [0.2, 0.25) is 0 Å². The molecule has 0 heterocycles. The Balaban J connectivity index is 1.85. The molecular weight excluding hydrogens is 226 g/mol. The second kappa shape index (κ2) is 5.98. The van der Waals surface area contributed by atoms with E-state index in [0.29, 0.717) is 19.1 Å². The van der Waals surface area contributed by atoms with E-state index in [-0.39, 0.29) is 5.91 Å². The number of nitrogens with one attached hydrogen (secondary N) is 1. The highest BCUT2D eigenvalue weighted by molar-refractivity contribution is 5.92. The second-order valence-electron chi connectivity index (χ2n) is 4.95. The number of rotatable bonds is 5. The van der Waals surface area contributed by atoms with Crippen molar-refractivity contribution in [3.63, 3.8) is 0 Å². The van der Waals surface area contributed by atoms with Crippen molar-refractivity contribution >= 4 is 11.6 Å². The fourth-order valence-corrected chi connectivity index (χ4v) is 2.16. The van der Waals surface area contributed by atoms with Gasteiger partial charge < -0.3 is 11.1 Å². The molecule has 98 valence electrons. The maximum Gasteiger partial charge on any atom is 0.238 e. The van der Waals surface area contributed by atoms with Crippen LogP contribution in [0.4, 0.5) is 5.69 Å². The van der Waals surface area contributed by atoms with E-state index in [4.69, 9.17) is 5.73 Å². The SMILES string of the molecule is CN(CC(=O)Nc1cccc(CN)c1)C1CCC1. The van der Waals surface area contributed by atoms with E-state index in [2.05, 4.69) is 10.2 Å². The third-order valence-electron chi connectivity index (χ3n) is 3.54. The van der Waals surface area contributed by atoms with Crippen molar-refractivity contribution < 1.29 is 4.79 Å². The summed E-state index contributed by atoms with van der Waals surface area (Å²) in [6.07, 6.45) is 3.72. The summed E-state index contributed by atoms with van der Waals surface area (Å²) in [6.45, 7) is 0.948. The van der Waals surface area contributed by atoms with Gasteiger partial charge in [-0.05, 0) is 37.6 Å². The largest absolute Gasteiger partial charge is 0.326 e. The van der Waals surface area contributed by atoms with Gasteiger partial charge in [0.25, 0.3) is 0 Å². The molecule has 1 aromatic carbocycles. The van der Waals surface area contributed by atoms with Gasteiger partial charge in [0.1, 0.15) is 0 Å². The molecule has 1 aliphatic carbocycles. The molecule has 0 aromatic heterocycles. The van der Waals surface area contributed by atoms with Gasteiger partial charge in [-0.3, -0.25) is 9.69 Å². The minimum absolute atomic E-state index is 0.0403. The van der Waals surface area contributed by atoms with Crippen molar-refractivity contribution in [1.29, 1.82) is 0 Å². The lowest BCUT2D eigenvalue weighted by Crippen LogP contribution is -2.41. The van der Waals surface area contributed by atoms with Gasteiger partial charge in [0, 0.05) is 18.3 Å². The van der Waals surface area contributed by atoms with Crippen LogP contribution >= 0.6 is 0 Å². The Morgan fingerprint density at radius 2 is 2.28 bits per heavy atom. The molecular formula is C14H21N3O. The average Bonchev–Trinajstić information content (AvgIpc) is 2.26. The minimum atomic E-state index is 0.0403. The van der Waals surface area contributed by atoms with Crippen LogP contribution in [-0.4, -0.2) is 30.4 Å². The molecule has 4 heteroatoms. The second-order valence-corrected chi connectivity index (χ2v) is 4.95. The first kappa shape index (κ1) is 13.1. The van der Waals surface area contributed by atoms with Crippen molar-refractivity contribution in [3.8, 4) is 0 Å². The van der Waals surface area contributed by atoms with E-state index < -0.39 is 0 Å². The van der Waals surface area contributed by atoms with Crippen LogP contribution < -0.4 is 11.1 Å². The molecule has 1 fully saturated rings. The highest BCUT2D eigenvalue weighted by Gasteiger charge is 2.23.